The number of ether oxygens (including phenoxy) is 1. The third-order valence-corrected chi connectivity index (χ3v) is 7.43. The van der Waals surface area contributed by atoms with Gasteiger partial charge < -0.3 is 24.4 Å². The molecule has 5 rings (SSSR count). The molecule has 3 aromatic rings. The van der Waals surface area contributed by atoms with Gasteiger partial charge in [0.15, 0.2) is 0 Å². The van der Waals surface area contributed by atoms with Crippen molar-refractivity contribution >= 4 is 22.5 Å². The molecule has 2 aliphatic heterocycles. The van der Waals surface area contributed by atoms with E-state index < -0.39 is 12.2 Å². The molecule has 2 aromatic carbocycles. The monoisotopic (exact) mass is 440 g/mol. The van der Waals surface area contributed by atoms with Crippen molar-refractivity contribution < 1.29 is 14.9 Å². The van der Waals surface area contributed by atoms with Gasteiger partial charge in [0, 0.05) is 66.4 Å². The quantitative estimate of drug-likeness (QED) is 0.628. The maximum absolute atomic E-state index is 11.0. The van der Waals surface area contributed by atoms with Gasteiger partial charge in [0.25, 0.3) is 0 Å². The highest BCUT2D eigenvalue weighted by molar-refractivity contribution is 6.31. The molecular formula is C25H29ClN2O3. The number of likely N-dealkylation sites (tertiary alicyclic amines) is 1. The zero-order valence-corrected chi connectivity index (χ0v) is 18.8. The number of aromatic nitrogens is 1. The first kappa shape index (κ1) is 20.8. The van der Waals surface area contributed by atoms with Crippen molar-refractivity contribution in [3.63, 3.8) is 0 Å². The fourth-order valence-corrected chi connectivity index (χ4v) is 5.36. The Morgan fingerprint density at radius 3 is 2.74 bits per heavy atom. The van der Waals surface area contributed by atoms with Gasteiger partial charge in [-0.15, -0.1) is 0 Å². The summed E-state index contributed by atoms with van der Waals surface area (Å²) in [7, 11) is 2.02. The first-order valence-corrected chi connectivity index (χ1v) is 11.3. The third-order valence-electron chi connectivity index (χ3n) is 7.03. The number of halogens is 1. The van der Waals surface area contributed by atoms with Crippen LogP contribution in [0.25, 0.3) is 10.9 Å². The Hall–Kier alpha value is -2.05. The van der Waals surface area contributed by atoms with Gasteiger partial charge in [-0.25, -0.2) is 0 Å². The number of hydrogen-bond donors (Lipinski definition) is 2. The fraction of sp³-hybridized carbons (Fsp3) is 0.440. The minimum atomic E-state index is -0.560. The molecule has 0 saturated carbocycles. The van der Waals surface area contributed by atoms with Crippen LogP contribution < -0.4 is 4.74 Å². The molecule has 5 nitrogen and oxygen atoms in total. The smallest absolute Gasteiger partial charge is 0.126 e. The average Bonchev–Trinajstić information content (AvgIpc) is 3.09. The molecular weight excluding hydrogens is 412 g/mol. The van der Waals surface area contributed by atoms with Crippen molar-refractivity contribution in [3.05, 3.63) is 64.3 Å². The summed E-state index contributed by atoms with van der Waals surface area (Å²) in [5, 5.41) is 23.5. The van der Waals surface area contributed by atoms with Gasteiger partial charge in [0.2, 0.25) is 0 Å². The van der Waals surface area contributed by atoms with Crippen LogP contribution in [0.15, 0.2) is 42.6 Å². The second-order valence-corrected chi connectivity index (χ2v) is 9.58. The summed E-state index contributed by atoms with van der Waals surface area (Å²) in [6.45, 7) is 4.21. The molecule has 0 aliphatic carbocycles. The molecule has 1 spiro atoms. The van der Waals surface area contributed by atoms with Crippen LogP contribution >= 0.6 is 11.6 Å². The van der Waals surface area contributed by atoms with Crippen molar-refractivity contribution in [2.24, 2.45) is 7.05 Å². The van der Waals surface area contributed by atoms with E-state index in [-0.39, 0.29) is 5.60 Å². The highest BCUT2D eigenvalue weighted by Crippen LogP contribution is 2.46. The topological polar surface area (TPSA) is 57.9 Å². The lowest BCUT2D eigenvalue weighted by atomic mass is 9.81. The summed E-state index contributed by atoms with van der Waals surface area (Å²) in [6, 6.07) is 12.0. The molecule has 2 atom stereocenters. The normalized spacial score (nSPS) is 21.8. The average molecular weight is 441 g/mol. The maximum atomic E-state index is 11.0. The largest absolute Gasteiger partial charge is 0.487 e. The number of hydrogen-bond acceptors (Lipinski definition) is 4. The van der Waals surface area contributed by atoms with Crippen molar-refractivity contribution in [1.29, 1.82) is 0 Å². The SMILES string of the molecule is Cc1cc2c(cc1Cl)[C@@H](O)CC1(CCN(C[C@H](O)c3cn(C)c4ccccc34)CC1)O2. The molecule has 1 saturated heterocycles. The Morgan fingerprint density at radius 1 is 1.23 bits per heavy atom. The highest BCUT2D eigenvalue weighted by Gasteiger charge is 2.43. The summed E-state index contributed by atoms with van der Waals surface area (Å²) in [4.78, 5) is 2.30. The van der Waals surface area contributed by atoms with Gasteiger partial charge >= 0.3 is 0 Å². The van der Waals surface area contributed by atoms with E-state index >= 15 is 0 Å². The summed E-state index contributed by atoms with van der Waals surface area (Å²) < 4.78 is 8.53. The molecule has 1 aromatic heterocycles. The van der Waals surface area contributed by atoms with Crippen LogP contribution in [0, 0.1) is 6.92 Å². The Balaban J connectivity index is 1.28. The number of rotatable bonds is 3. The Labute approximate surface area is 187 Å². The van der Waals surface area contributed by atoms with Gasteiger partial charge in [-0.3, -0.25) is 0 Å². The molecule has 2 aliphatic rings. The molecule has 0 amide bonds. The van der Waals surface area contributed by atoms with Crippen molar-refractivity contribution in [2.45, 2.75) is 44.0 Å². The van der Waals surface area contributed by atoms with Crippen molar-refractivity contribution in [3.8, 4) is 5.75 Å². The van der Waals surface area contributed by atoms with Gasteiger partial charge in [0.05, 0.1) is 12.2 Å². The molecule has 0 bridgehead atoms. The molecule has 0 unspecified atom stereocenters. The van der Waals surface area contributed by atoms with Gasteiger partial charge in [-0.05, 0) is 43.5 Å². The molecule has 3 heterocycles. The maximum Gasteiger partial charge on any atom is 0.126 e. The molecule has 2 N–H and O–H groups in total. The number of fused-ring (bicyclic) bond motifs is 2. The lowest BCUT2D eigenvalue weighted by molar-refractivity contribution is -0.0587. The van der Waals surface area contributed by atoms with Crippen molar-refractivity contribution in [2.75, 3.05) is 19.6 Å². The fourth-order valence-electron chi connectivity index (χ4n) is 5.19. The number of nitrogens with zero attached hydrogens (tertiary/aromatic N) is 2. The van der Waals surface area contributed by atoms with Crippen LogP contribution in [0.2, 0.25) is 5.02 Å². The van der Waals surface area contributed by atoms with Gasteiger partial charge in [-0.1, -0.05) is 29.8 Å². The molecule has 6 heteroatoms. The van der Waals surface area contributed by atoms with Gasteiger partial charge in [0.1, 0.15) is 11.4 Å². The number of para-hydroxylation sites is 1. The number of β-amino-alcohol motifs (C(OH)–C–C–N with tert-alkyl or cyclic N) is 1. The summed E-state index contributed by atoms with van der Waals surface area (Å²) in [5.41, 5.74) is 3.50. The highest BCUT2D eigenvalue weighted by atomic mass is 35.5. The van der Waals surface area contributed by atoms with Crippen molar-refractivity contribution in [1.82, 2.24) is 9.47 Å². The Kier molecular flexibility index (Phi) is 5.25. The van der Waals surface area contributed by atoms with Crippen LogP contribution in [0.3, 0.4) is 0 Å². The first-order chi connectivity index (χ1) is 14.8. The second-order valence-electron chi connectivity index (χ2n) is 9.17. The second kappa shape index (κ2) is 7.82. The lowest BCUT2D eigenvalue weighted by Gasteiger charge is -2.46. The van der Waals surface area contributed by atoms with Crippen LogP contribution in [-0.4, -0.2) is 44.9 Å². The summed E-state index contributed by atoms with van der Waals surface area (Å²) in [5.74, 6) is 0.755. The van der Waals surface area contributed by atoms with E-state index in [1.165, 1.54) is 0 Å². The number of benzene rings is 2. The predicted molar refractivity (Wildman–Crippen MR) is 123 cm³/mol. The molecule has 164 valence electrons. The lowest BCUT2D eigenvalue weighted by Crippen LogP contribution is -2.51. The number of aryl methyl sites for hydroxylation is 2. The third kappa shape index (κ3) is 3.74. The van der Waals surface area contributed by atoms with Crippen LogP contribution in [0.5, 0.6) is 5.75 Å². The number of aliphatic hydroxyl groups excluding tert-OH is 2. The molecule has 0 radical (unpaired) electrons. The molecule has 1 fully saturated rings. The first-order valence-electron chi connectivity index (χ1n) is 11.0. The summed E-state index contributed by atoms with van der Waals surface area (Å²) in [6.07, 6.45) is 3.17. The van der Waals surface area contributed by atoms with Gasteiger partial charge in [-0.2, -0.15) is 0 Å². The van der Waals surface area contributed by atoms with E-state index in [1.54, 1.807) is 0 Å². The van der Waals surface area contributed by atoms with Crippen LogP contribution in [-0.2, 0) is 7.05 Å². The zero-order valence-electron chi connectivity index (χ0n) is 18.0. The van der Waals surface area contributed by atoms with E-state index in [0.717, 1.165) is 59.3 Å². The van der Waals surface area contributed by atoms with E-state index in [1.807, 2.05) is 44.4 Å². The molecule has 31 heavy (non-hydrogen) atoms. The number of piperidine rings is 1. The van der Waals surface area contributed by atoms with E-state index in [2.05, 4.69) is 21.6 Å². The minimum absolute atomic E-state index is 0.354. The minimum Gasteiger partial charge on any atom is -0.487 e. The Bertz CT molecular complexity index is 1120. The van der Waals surface area contributed by atoms with E-state index in [0.29, 0.717) is 18.0 Å². The zero-order chi connectivity index (χ0) is 21.8. The number of aliphatic hydroxyl groups is 2. The van der Waals surface area contributed by atoms with E-state index in [9.17, 15) is 10.2 Å². The van der Waals surface area contributed by atoms with E-state index in [4.69, 9.17) is 16.3 Å². The summed E-state index contributed by atoms with van der Waals surface area (Å²) >= 11 is 6.25. The predicted octanol–water partition coefficient (Wildman–Crippen LogP) is 4.52. The standard InChI is InChI=1S/C25H29ClN2O3/c1-16-11-24-18(12-20(16)26)22(29)13-25(31-24)7-9-28(10-8-25)15-23(30)19-14-27(2)21-6-4-3-5-17(19)21/h3-6,11-12,14,22-23,29-30H,7-10,13,15H2,1-2H3/t22-,23-/m0/s1. The Morgan fingerprint density at radius 2 is 1.97 bits per heavy atom. The van der Waals surface area contributed by atoms with Crippen LogP contribution in [0.1, 0.15) is 48.2 Å². The van der Waals surface area contributed by atoms with Crippen LogP contribution in [0.4, 0.5) is 0 Å².